The van der Waals surface area contributed by atoms with Crippen molar-refractivity contribution < 1.29 is 9.32 Å². The smallest absolute Gasteiger partial charge is 0.226 e. The molecule has 1 fully saturated rings. The zero-order valence-corrected chi connectivity index (χ0v) is 12.0. The van der Waals surface area contributed by atoms with E-state index in [2.05, 4.69) is 20.0 Å². The van der Waals surface area contributed by atoms with Crippen molar-refractivity contribution in [2.24, 2.45) is 0 Å². The minimum absolute atomic E-state index is 0.0599. The van der Waals surface area contributed by atoms with Gasteiger partial charge in [-0.15, -0.1) is 0 Å². The molecule has 0 unspecified atom stereocenters. The largest absolute Gasteiger partial charge is 0.360 e. The van der Waals surface area contributed by atoms with Gasteiger partial charge in [-0.2, -0.15) is 0 Å². The predicted octanol–water partition coefficient (Wildman–Crippen LogP) is 2.64. The first-order valence-corrected chi connectivity index (χ1v) is 7.60. The van der Waals surface area contributed by atoms with E-state index in [1.165, 1.54) is 12.8 Å². The monoisotopic (exact) mass is 292 g/mol. The Labute approximate surface area is 120 Å². The van der Waals surface area contributed by atoms with Crippen LogP contribution in [0, 0.1) is 6.92 Å². The van der Waals surface area contributed by atoms with Crippen LogP contribution in [-0.4, -0.2) is 26.4 Å². The van der Waals surface area contributed by atoms with E-state index in [1.807, 2.05) is 12.4 Å². The number of carbonyl (C=O) groups is 1. The van der Waals surface area contributed by atoms with Crippen LogP contribution in [0.1, 0.15) is 31.1 Å². The maximum Gasteiger partial charge on any atom is 0.226 e. The van der Waals surface area contributed by atoms with Crippen LogP contribution in [0.4, 0.5) is 5.82 Å². The van der Waals surface area contributed by atoms with Crippen molar-refractivity contribution >= 4 is 23.5 Å². The molecule has 0 radical (unpaired) electrons. The maximum atomic E-state index is 11.7. The molecule has 1 saturated carbocycles. The van der Waals surface area contributed by atoms with Crippen LogP contribution >= 0.6 is 11.8 Å². The fraction of sp³-hybridized carbons (Fsp3) is 0.462. The SMILES string of the molecule is Cc1cc(NC(=O)CCSc2nccn2C2CC2)no1. The van der Waals surface area contributed by atoms with Crippen LogP contribution in [0.2, 0.25) is 0 Å². The number of aryl methyl sites for hydroxylation is 1. The Bertz CT molecular complexity index is 603. The van der Waals surface area contributed by atoms with Gasteiger partial charge in [-0.05, 0) is 19.8 Å². The van der Waals surface area contributed by atoms with Crippen molar-refractivity contribution in [2.45, 2.75) is 37.4 Å². The summed E-state index contributed by atoms with van der Waals surface area (Å²) in [4.78, 5) is 16.1. The van der Waals surface area contributed by atoms with Crippen molar-refractivity contribution in [3.05, 3.63) is 24.2 Å². The summed E-state index contributed by atoms with van der Waals surface area (Å²) in [5.41, 5.74) is 0. The topological polar surface area (TPSA) is 73.0 Å². The third kappa shape index (κ3) is 3.22. The summed E-state index contributed by atoms with van der Waals surface area (Å²) in [7, 11) is 0. The molecule has 0 saturated heterocycles. The van der Waals surface area contributed by atoms with E-state index in [4.69, 9.17) is 4.52 Å². The second-order valence-corrected chi connectivity index (χ2v) is 5.88. The summed E-state index contributed by atoms with van der Waals surface area (Å²) in [6, 6.07) is 2.32. The summed E-state index contributed by atoms with van der Waals surface area (Å²) in [6.45, 7) is 1.79. The number of carbonyl (C=O) groups excluding carboxylic acids is 1. The average Bonchev–Trinajstić information content (AvgIpc) is 3.02. The van der Waals surface area contributed by atoms with Gasteiger partial charge in [-0.3, -0.25) is 4.79 Å². The van der Waals surface area contributed by atoms with Gasteiger partial charge in [-0.25, -0.2) is 4.98 Å². The van der Waals surface area contributed by atoms with Gasteiger partial charge in [-0.1, -0.05) is 16.9 Å². The molecule has 1 N–H and O–H groups in total. The second-order valence-electron chi connectivity index (χ2n) is 4.82. The standard InChI is InChI=1S/C13H16N4O2S/c1-9-8-11(16-19-9)15-12(18)4-7-20-13-14-5-6-17(13)10-2-3-10/h5-6,8,10H,2-4,7H2,1H3,(H,15,16,18). The molecule has 3 rings (SSSR count). The van der Waals surface area contributed by atoms with E-state index < -0.39 is 0 Å². The van der Waals surface area contributed by atoms with E-state index in [9.17, 15) is 4.79 Å². The van der Waals surface area contributed by atoms with Gasteiger partial charge < -0.3 is 14.4 Å². The Morgan fingerprint density at radius 3 is 3.15 bits per heavy atom. The molecule has 0 spiro atoms. The van der Waals surface area contributed by atoms with Gasteiger partial charge in [0.25, 0.3) is 0 Å². The first-order valence-electron chi connectivity index (χ1n) is 6.61. The Morgan fingerprint density at radius 2 is 2.45 bits per heavy atom. The molecule has 1 amide bonds. The Kier molecular flexibility index (Phi) is 3.77. The van der Waals surface area contributed by atoms with E-state index in [1.54, 1.807) is 24.8 Å². The highest BCUT2D eigenvalue weighted by Crippen LogP contribution is 2.37. The summed E-state index contributed by atoms with van der Waals surface area (Å²) in [5.74, 6) is 1.79. The van der Waals surface area contributed by atoms with E-state index in [0.717, 1.165) is 5.16 Å². The predicted molar refractivity (Wildman–Crippen MR) is 75.7 cm³/mol. The van der Waals surface area contributed by atoms with Crippen LogP contribution in [0.3, 0.4) is 0 Å². The Morgan fingerprint density at radius 1 is 1.60 bits per heavy atom. The number of hydrogen-bond acceptors (Lipinski definition) is 5. The molecule has 7 heteroatoms. The maximum absolute atomic E-state index is 11.7. The number of hydrogen-bond donors (Lipinski definition) is 1. The molecule has 2 heterocycles. The zero-order valence-electron chi connectivity index (χ0n) is 11.2. The lowest BCUT2D eigenvalue weighted by molar-refractivity contribution is -0.115. The number of rotatable bonds is 6. The molecule has 0 aromatic carbocycles. The third-order valence-corrected chi connectivity index (χ3v) is 4.01. The zero-order chi connectivity index (χ0) is 13.9. The fourth-order valence-corrected chi connectivity index (χ4v) is 2.87. The van der Waals surface area contributed by atoms with E-state index in [-0.39, 0.29) is 5.91 Å². The Balaban J connectivity index is 1.45. The molecular weight excluding hydrogens is 276 g/mol. The first-order chi connectivity index (χ1) is 9.72. The molecule has 1 aliphatic rings. The quantitative estimate of drug-likeness (QED) is 0.829. The number of nitrogens with zero attached hydrogens (tertiary/aromatic N) is 3. The lowest BCUT2D eigenvalue weighted by atomic mass is 10.4. The normalized spacial score (nSPS) is 14.4. The van der Waals surface area contributed by atoms with Crippen LogP contribution in [-0.2, 0) is 4.79 Å². The minimum Gasteiger partial charge on any atom is -0.360 e. The lowest BCUT2D eigenvalue weighted by Crippen LogP contribution is -2.12. The van der Waals surface area contributed by atoms with Crippen molar-refractivity contribution in [3.8, 4) is 0 Å². The highest BCUT2D eigenvalue weighted by Gasteiger charge is 2.25. The van der Waals surface area contributed by atoms with Crippen molar-refractivity contribution in [1.82, 2.24) is 14.7 Å². The number of aromatic nitrogens is 3. The summed E-state index contributed by atoms with van der Waals surface area (Å²) in [5, 5.41) is 7.44. The number of anilines is 1. The molecule has 1 aliphatic carbocycles. The van der Waals surface area contributed by atoms with E-state index in [0.29, 0.717) is 29.8 Å². The highest BCUT2D eigenvalue weighted by atomic mass is 32.2. The Hall–Kier alpha value is -1.76. The van der Waals surface area contributed by atoms with Gasteiger partial charge in [0.2, 0.25) is 5.91 Å². The van der Waals surface area contributed by atoms with E-state index >= 15 is 0 Å². The molecule has 6 nitrogen and oxygen atoms in total. The van der Waals surface area contributed by atoms with Crippen molar-refractivity contribution in [1.29, 1.82) is 0 Å². The number of nitrogens with one attached hydrogen (secondary N) is 1. The minimum atomic E-state index is -0.0599. The van der Waals surface area contributed by atoms with Crippen LogP contribution < -0.4 is 5.32 Å². The molecule has 0 bridgehead atoms. The molecule has 0 aliphatic heterocycles. The van der Waals surface area contributed by atoms with Crippen LogP contribution in [0.25, 0.3) is 0 Å². The fourth-order valence-electron chi connectivity index (χ4n) is 1.91. The lowest BCUT2D eigenvalue weighted by Gasteiger charge is -2.05. The first kappa shape index (κ1) is 13.2. The summed E-state index contributed by atoms with van der Waals surface area (Å²) in [6.07, 6.45) is 6.72. The number of amides is 1. The van der Waals surface area contributed by atoms with Crippen molar-refractivity contribution in [2.75, 3.05) is 11.1 Å². The highest BCUT2D eigenvalue weighted by molar-refractivity contribution is 7.99. The van der Waals surface area contributed by atoms with Gasteiger partial charge in [0, 0.05) is 36.7 Å². The average molecular weight is 292 g/mol. The van der Waals surface area contributed by atoms with Crippen LogP contribution in [0.15, 0.2) is 28.1 Å². The second kappa shape index (κ2) is 5.70. The molecule has 0 atom stereocenters. The molecular formula is C13H16N4O2S. The molecule has 2 aromatic rings. The summed E-state index contributed by atoms with van der Waals surface area (Å²) < 4.78 is 7.09. The van der Waals surface area contributed by atoms with Gasteiger partial charge in [0.15, 0.2) is 11.0 Å². The van der Waals surface area contributed by atoms with Gasteiger partial charge in [0.1, 0.15) is 5.76 Å². The summed E-state index contributed by atoms with van der Waals surface area (Å²) >= 11 is 1.61. The molecule has 20 heavy (non-hydrogen) atoms. The number of imidazole rings is 1. The molecule has 106 valence electrons. The third-order valence-electron chi connectivity index (χ3n) is 3.03. The van der Waals surface area contributed by atoms with Crippen molar-refractivity contribution in [3.63, 3.8) is 0 Å². The van der Waals surface area contributed by atoms with Crippen LogP contribution in [0.5, 0.6) is 0 Å². The molecule has 2 aromatic heterocycles. The number of thioether (sulfide) groups is 1. The van der Waals surface area contributed by atoms with Gasteiger partial charge in [0.05, 0.1) is 0 Å². The van der Waals surface area contributed by atoms with Gasteiger partial charge >= 0.3 is 0 Å².